The molecule has 1 fully saturated rings. The number of anilines is 5. The lowest BCUT2D eigenvalue weighted by atomic mass is 10.0. The van der Waals surface area contributed by atoms with Crippen LogP contribution >= 0.6 is 69.3 Å². The number of nitriles is 1. The summed E-state index contributed by atoms with van der Waals surface area (Å²) in [5.74, 6) is 2.23. The molecule has 20 aromatic rings. The second-order valence-corrected chi connectivity index (χ2v) is 30.9. The van der Waals surface area contributed by atoms with Gasteiger partial charge in [-0.1, -0.05) is 88.3 Å². The van der Waals surface area contributed by atoms with Crippen molar-refractivity contribution in [2.24, 2.45) is 14.1 Å². The summed E-state index contributed by atoms with van der Waals surface area (Å²) < 4.78 is 9.42. The Morgan fingerprint density at radius 3 is 1.29 bits per heavy atom. The lowest BCUT2D eigenvalue weighted by Gasteiger charge is -2.12. The van der Waals surface area contributed by atoms with Crippen molar-refractivity contribution in [2.75, 3.05) is 28.7 Å². The monoisotopic (exact) mass is 1750 g/mol. The van der Waals surface area contributed by atoms with Gasteiger partial charge in [-0.2, -0.15) is 25.7 Å². The number of hydrogen-bond acceptors (Lipinski definition) is 27. The summed E-state index contributed by atoms with van der Waals surface area (Å²) in [4.78, 5) is 77.9. The number of aryl methyl sites for hydroxylation is 3. The van der Waals surface area contributed by atoms with Crippen molar-refractivity contribution in [2.45, 2.75) is 25.8 Å². The average molecular weight is 1750 g/mol. The second kappa shape index (κ2) is 34.8. The van der Waals surface area contributed by atoms with E-state index in [4.69, 9.17) is 86.7 Å². The van der Waals surface area contributed by atoms with Crippen molar-refractivity contribution >= 4 is 152 Å². The minimum Gasteiger partial charge on any atom is -0.382 e. The molecule has 5 aromatic carbocycles. The molecule has 608 valence electrons. The Morgan fingerprint density at radius 1 is 0.403 bits per heavy atom. The van der Waals surface area contributed by atoms with E-state index >= 15 is 0 Å². The average Bonchev–Trinajstić information content (AvgIpc) is 1.09. The van der Waals surface area contributed by atoms with Gasteiger partial charge in [0.25, 0.3) is 5.56 Å². The number of aromatic nitrogens is 24. The van der Waals surface area contributed by atoms with Gasteiger partial charge in [0, 0.05) is 125 Å². The van der Waals surface area contributed by atoms with Gasteiger partial charge >= 0.3 is 0 Å². The number of nitrogens with two attached hydrogens (primary N) is 5. The molecule has 0 aliphatic heterocycles. The highest BCUT2D eigenvalue weighted by molar-refractivity contribution is 7.16. The maximum absolute atomic E-state index is 12.2. The van der Waals surface area contributed by atoms with E-state index in [0.717, 1.165) is 76.4 Å². The Morgan fingerprint density at radius 2 is 0.831 bits per heavy atom. The van der Waals surface area contributed by atoms with Crippen LogP contribution in [-0.2, 0) is 14.1 Å². The van der Waals surface area contributed by atoms with Crippen LogP contribution in [0.2, 0.25) is 25.1 Å². The van der Waals surface area contributed by atoms with Gasteiger partial charge < -0.3 is 28.7 Å². The van der Waals surface area contributed by atoms with Gasteiger partial charge in [-0.05, 0) is 135 Å². The lowest BCUT2D eigenvalue weighted by molar-refractivity contribution is 0.643. The van der Waals surface area contributed by atoms with E-state index in [1.165, 1.54) is 53.4 Å². The topological polar surface area (TPSA) is 441 Å². The molecular formula is C87H63Cl5N30OS. The summed E-state index contributed by atoms with van der Waals surface area (Å²) in [7, 11) is 3.66. The summed E-state index contributed by atoms with van der Waals surface area (Å²) in [5.41, 5.74) is 46.3. The fourth-order valence-corrected chi connectivity index (χ4v) is 15.6. The standard InChI is InChI=1S/C19H15ClN6.C18H12ClN7.C18H12ClN5O.C17H13ClN6.C15H11ClN6S/c20-14-9-12(8-11-2-1-6-22-17(11)14)18-19(24-16(21)10-23-18)15-5-7-26(25-15)13-3-4-13;1-26-6-4-13(25-26)17-16(23-14(9-20)18(21)24-17)11-7-10-3-2-5-22-15(10)12(19)8-11;19-13-9-12(8-11-4-3-6-21-16(11)13)17-18(23-14(20)10-22-17)24-7-2-1-5-15(24)25;1-10-4-6-24(23-10)17-16(21-9-14(19)22-17)12-7-11-3-2-5-20-15(11)13(18)8-12;1-22-3-2-10(21-22)15-13(18-6-12(17)20-15)8-4-9(16)14-11(5-8)23-7-19-14/h1-2,5-10,13H,3-4H2,(H2,21,24);2-8H,1H3,(H2,21,24);1-10H,(H2,20,23);2-9H,1H3,(H2,19,22);2-7H,1H3,(H2,17,20). The zero-order valence-corrected chi connectivity index (χ0v) is 69.9. The molecule has 10 N–H and O–H groups in total. The van der Waals surface area contributed by atoms with Crippen LogP contribution in [0.3, 0.4) is 0 Å². The molecule has 21 rings (SSSR count). The summed E-state index contributed by atoms with van der Waals surface area (Å²) >= 11 is 33.5. The van der Waals surface area contributed by atoms with E-state index in [9.17, 15) is 10.1 Å². The van der Waals surface area contributed by atoms with E-state index in [0.29, 0.717) is 134 Å². The van der Waals surface area contributed by atoms with Gasteiger partial charge in [0.05, 0.1) is 111 Å². The first-order valence-electron chi connectivity index (χ1n) is 37.7. The third-order valence-electron chi connectivity index (χ3n) is 19.2. The number of fused-ring (bicyclic) bond motifs is 5. The third-order valence-corrected chi connectivity index (χ3v) is 21.4. The Labute approximate surface area is 732 Å². The lowest BCUT2D eigenvalue weighted by Crippen LogP contribution is -2.18. The minimum absolute atomic E-state index is 0.0575. The summed E-state index contributed by atoms with van der Waals surface area (Å²) in [5, 5.41) is 33.5. The maximum atomic E-state index is 12.2. The first-order valence-corrected chi connectivity index (χ1v) is 40.4. The van der Waals surface area contributed by atoms with Crippen molar-refractivity contribution in [3.05, 3.63) is 285 Å². The van der Waals surface area contributed by atoms with Crippen LogP contribution in [0.15, 0.2) is 243 Å². The molecule has 15 heterocycles. The summed E-state index contributed by atoms with van der Waals surface area (Å²) in [6.45, 7) is 1.91. The number of thiazole rings is 1. The van der Waals surface area contributed by atoms with E-state index < -0.39 is 0 Å². The molecule has 0 saturated heterocycles. The molecule has 124 heavy (non-hydrogen) atoms. The van der Waals surface area contributed by atoms with Crippen molar-refractivity contribution in [1.82, 2.24) is 118 Å². The van der Waals surface area contributed by atoms with Gasteiger partial charge in [0.2, 0.25) is 0 Å². The van der Waals surface area contributed by atoms with E-state index in [-0.39, 0.29) is 22.9 Å². The minimum atomic E-state index is -0.225. The fourth-order valence-electron chi connectivity index (χ4n) is 13.4. The summed E-state index contributed by atoms with van der Waals surface area (Å²) in [6.07, 6.45) is 24.3. The molecule has 0 radical (unpaired) electrons. The second-order valence-electron chi connectivity index (χ2n) is 27.9. The molecule has 1 aliphatic carbocycles. The van der Waals surface area contributed by atoms with Gasteiger partial charge in [-0.15, -0.1) is 11.3 Å². The van der Waals surface area contributed by atoms with Crippen LogP contribution in [0.5, 0.6) is 0 Å². The zero-order chi connectivity index (χ0) is 86.0. The molecule has 37 heteroatoms. The first-order chi connectivity index (χ1) is 60.1. The molecular weight excluding hydrogens is 1690 g/mol. The smallest absolute Gasteiger partial charge is 0.256 e. The van der Waals surface area contributed by atoms with Crippen LogP contribution < -0.4 is 34.2 Å². The van der Waals surface area contributed by atoms with Crippen molar-refractivity contribution in [3.8, 4) is 108 Å². The van der Waals surface area contributed by atoms with Crippen LogP contribution in [0.1, 0.15) is 30.3 Å². The molecule has 1 saturated carbocycles. The van der Waals surface area contributed by atoms with E-state index in [1.54, 1.807) is 87.2 Å². The van der Waals surface area contributed by atoms with Crippen LogP contribution in [0.25, 0.3) is 156 Å². The number of hydrogen-bond donors (Lipinski definition) is 5. The van der Waals surface area contributed by atoms with Gasteiger partial charge in [-0.3, -0.25) is 53.3 Å². The molecule has 31 nitrogen and oxygen atoms in total. The third kappa shape index (κ3) is 17.3. The Kier molecular flexibility index (Phi) is 22.8. The maximum Gasteiger partial charge on any atom is 0.256 e. The van der Waals surface area contributed by atoms with Gasteiger partial charge in [0.1, 0.15) is 80.6 Å². The molecule has 15 aromatic heterocycles. The van der Waals surface area contributed by atoms with Crippen LogP contribution in [0.4, 0.5) is 29.1 Å². The quantitative estimate of drug-likeness (QED) is 0.0803. The number of nitrogens with zero attached hydrogens (tertiary/aromatic N) is 25. The van der Waals surface area contributed by atoms with Gasteiger partial charge in [0.15, 0.2) is 23.1 Å². The highest BCUT2D eigenvalue weighted by atomic mass is 35.5. The molecule has 0 unspecified atom stereocenters. The molecule has 0 bridgehead atoms. The van der Waals surface area contributed by atoms with Gasteiger partial charge in [-0.25, -0.2) is 49.5 Å². The van der Waals surface area contributed by atoms with Crippen LogP contribution in [-0.4, -0.2) is 118 Å². The van der Waals surface area contributed by atoms with Crippen LogP contribution in [0, 0.1) is 18.3 Å². The Hall–Kier alpha value is -15.2. The van der Waals surface area contributed by atoms with Crippen molar-refractivity contribution in [1.29, 1.82) is 5.26 Å². The number of pyridine rings is 5. The van der Waals surface area contributed by atoms with Crippen molar-refractivity contribution in [3.63, 3.8) is 0 Å². The first kappa shape index (κ1) is 81.1. The predicted octanol–water partition coefficient (Wildman–Crippen LogP) is 17.2. The number of nitrogen functional groups attached to an aromatic ring is 5. The highest BCUT2D eigenvalue weighted by Gasteiger charge is 2.27. The highest BCUT2D eigenvalue weighted by Crippen LogP contribution is 2.41. The normalized spacial score (nSPS) is 11.6. The number of halogens is 5. The molecule has 0 atom stereocenters. The summed E-state index contributed by atoms with van der Waals surface area (Å²) in [6, 6.07) is 48.9. The predicted molar refractivity (Wildman–Crippen MR) is 485 cm³/mol. The Balaban J connectivity index is 0.000000110. The fraction of sp³-hybridized carbons (Fsp3) is 0.0690. The Bertz CT molecular complexity index is 7630. The number of benzene rings is 5. The zero-order valence-electron chi connectivity index (χ0n) is 65.3. The SMILES string of the molecule is Cc1ccn(-c2nc(N)cnc2-c2cc(Cl)c3ncccc3c2)n1.Cn1ccc(-c2nc(N)c(C#N)nc2-c2cc(Cl)c3ncccc3c2)n1.Cn1ccc(-c2nc(N)cnc2-c2cc(Cl)c3ncsc3c2)n1.Nc1cnc(-c2cc(Cl)c3ncccc3c2)c(-c2ccn(C3CC3)n2)n1.Nc1cnc(-c2cc(Cl)c3ncccc3c2)c(-n2ccccc2=O)n1. The molecule has 1 aliphatic rings. The van der Waals surface area contributed by atoms with Crippen molar-refractivity contribution < 1.29 is 0 Å². The largest absolute Gasteiger partial charge is 0.382 e. The number of rotatable bonds is 11. The van der Waals surface area contributed by atoms with E-state index in [2.05, 4.69) is 95.2 Å². The molecule has 0 amide bonds. The van der Waals surface area contributed by atoms with E-state index in [1.807, 2.05) is 172 Å². The molecule has 0 spiro atoms.